The van der Waals surface area contributed by atoms with E-state index in [-0.39, 0.29) is 12.1 Å². The molecule has 0 fully saturated rings. The van der Waals surface area contributed by atoms with E-state index in [4.69, 9.17) is 0 Å². The molecule has 6 heteroatoms. The molecule has 0 bridgehead atoms. The van der Waals surface area contributed by atoms with Crippen molar-refractivity contribution in [2.75, 3.05) is 5.32 Å². The lowest BCUT2D eigenvalue weighted by atomic mass is 10.1. The van der Waals surface area contributed by atoms with Gasteiger partial charge in [0, 0.05) is 9.64 Å². The molecule has 0 aliphatic rings. The SMILES string of the molecule is C[C@H](NC(=O)Nc1ccon1)c1ccc(I)cc1. The molecule has 2 N–H and O–H groups in total. The molecule has 0 aliphatic heterocycles. The Morgan fingerprint density at radius 3 is 2.67 bits per heavy atom. The first-order chi connectivity index (χ1) is 8.65. The van der Waals surface area contributed by atoms with E-state index in [1.165, 1.54) is 6.26 Å². The first-order valence-electron chi connectivity index (χ1n) is 5.38. The molecule has 0 unspecified atom stereocenters. The van der Waals surface area contributed by atoms with Crippen LogP contribution in [0.15, 0.2) is 41.1 Å². The predicted octanol–water partition coefficient (Wildman–Crippen LogP) is 3.16. The Labute approximate surface area is 118 Å². The minimum atomic E-state index is -0.310. The first-order valence-corrected chi connectivity index (χ1v) is 6.46. The Balaban J connectivity index is 1.92. The smallest absolute Gasteiger partial charge is 0.320 e. The maximum atomic E-state index is 11.7. The third kappa shape index (κ3) is 3.46. The highest BCUT2D eigenvalue weighted by molar-refractivity contribution is 14.1. The summed E-state index contributed by atoms with van der Waals surface area (Å²) in [5.74, 6) is 0.391. The zero-order valence-electron chi connectivity index (χ0n) is 9.68. The maximum Gasteiger partial charge on any atom is 0.320 e. The van der Waals surface area contributed by atoms with Gasteiger partial charge in [0.2, 0.25) is 0 Å². The molecular formula is C12H12IN3O2. The summed E-state index contributed by atoms with van der Waals surface area (Å²) in [7, 11) is 0. The van der Waals surface area contributed by atoms with Crippen LogP contribution in [0.3, 0.4) is 0 Å². The zero-order valence-corrected chi connectivity index (χ0v) is 11.8. The van der Waals surface area contributed by atoms with Gasteiger partial charge in [0.1, 0.15) is 6.26 Å². The molecule has 0 saturated heterocycles. The van der Waals surface area contributed by atoms with Gasteiger partial charge in [-0.05, 0) is 47.2 Å². The number of nitrogens with one attached hydrogen (secondary N) is 2. The van der Waals surface area contributed by atoms with Crippen LogP contribution in [0.25, 0.3) is 0 Å². The van der Waals surface area contributed by atoms with Gasteiger partial charge in [-0.1, -0.05) is 17.3 Å². The molecule has 0 spiro atoms. The Morgan fingerprint density at radius 1 is 1.33 bits per heavy atom. The molecular weight excluding hydrogens is 345 g/mol. The molecule has 2 rings (SSSR count). The molecule has 0 radical (unpaired) electrons. The maximum absolute atomic E-state index is 11.7. The summed E-state index contributed by atoms with van der Waals surface area (Å²) >= 11 is 2.24. The number of aromatic nitrogens is 1. The molecule has 2 amide bonds. The van der Waals surface area contributed by atoms with E-state index in [0.717, 1.165) is 9.13 Å². The van der Waals surface area contributed by atoms with Crippen molar-refractivity contribution in [3.8, 4) is 0 Å². The quantitative estimate of drug-likeness (QED) is 0.830. The number of benzene rings is 1. The summed E-state index contributed by atoms with van der Waals surface area (Å²) in [6, 6.07) is 9.18. The van der Waals surface area contributed by atoms with Gasteiger partial charge in [-0.3, -0.25) is 5.32 Å². The standard InChI is InChI=1S/C12H12IN3O2/c1-8(9-2-4-10(13)5-3-9)14-12(17)15-11-6-7-18-16-11/h2-8H,1H3,(H2,14,15,16,17)/t8-/m0/s1. The van der Waals surface area contributed by atoms with Gasteiger partial charge in [0.15, 0.2) is 5.82 Å². The average Bonchev–Trinajstić information content (AvgIpc) is 2.82. The molecule has 1 aromatic heterocycles. The van der Waals surface area contributed by atoms with Crippen LogP contribution in [0.5, 0.6) is 0 Å². The van der Waals surface area contributed by atoms with Gasteiger partial charge in [0.05, 0.1) is 6.04 Å². The number of hydrogen-bond acceptors (Lipinski definition) is 3. The second-order valence-corrected chi connectivity index (χ2v) is 5.00. The summed E-state index contributed by atoms with van der Waals surface area (Å²) in [5, 5.41) is 9.00. The number of amides is 2. The fourth-order valence-corrected chi connectivity index (χ4v) is 1.82. The number of carbonyl (C=O) groups is 1. The van der Waals surface area contributed by atoms with Crippen LogP contribution in [-0.2, 0) is 0 Å². The van der Waals surface area contributed by atoms with Crippen LogP contribution in [0.1, 0.15) is 18.5 Å². The molecule has 2 aromatic rings. The van der Waals surface area contributed by atoms with Crippen LogP contribution in [0.2, 0.25) is 0 Å². The molecule has 18 heavy (non-hydrogen) atoms. The predicted molar refractivity (Wildman–Crippen MR) is 76.2 cm³/mol. The second-order valence-electron chi connectivity index (χ2n) is 3.76. The van der Waals surface area contributed by atoms with Gasteiger partial charge in [-0.2, -0.15) is 0 Å². The third-order valence-electron chi connectivity index (χ3n) is 2.40. The van der Waals surface area contributed by atoms with E-state index in [0.29, 0.717) is 5.82 Å². The highest BCUT2D eigenvalue weighted by atomic mass is 127. The van der Waals surface area contributed by atoms with E-state index >= 15 is 0 Å². The van der Waals surface area contributed by atoms with Gasteiger partial charge in [0.25, 0.3) is 0 Å². The molecule has 0 aliphatic carbocycles. The second kappa shape index (κ2) is 5.85. The van der Waals surface area contributed by atoms with Gasteiger partial charge in [-0.15, -0.1) is 0 Å². The molecule has 0 saturated carbocycles. The molecule has 94 valence electrons. The number of nitrogens with zero attached hydrogens (tertiary/aromatic N) is 1. The highest BCUT2D eigenvalue weighted by Crippen LogP contribution is 2.14. The minimum absolute atomic E-state index is 0.0751. The lowest BCUT2D eigenvalue weighted by molar-refractivity contribution is 0.249. The van der Waals surface area contributed by atoms with Crippen LogP contribution >= 0.6 is 22.6 Å². The van der Waals surface area contributed by atoms with Crippen molar-refractivity contribution in [2.45, 2.75) is 13.0 Å². The average molecular weight is 357 g/mol. The number of halogens is 1. The van der Waals surface area contributed by atoms with Crippen molar-refractivity contribution in [2.24, 2.45) is 0 Å². The number of carbonyl (C=O) groups excluding carboxylic acids is 1. The topological polar surface area (TPSA) is 67.2 Å². The van der Waals surface area contributed by atoms with Crippen LogP contribution in [-0.4, -0.2) is 11.2 Å². The van der Waals surface area contributed by atoms with Crippen molar-refractivity contribution in [3.05, 3.63) is 45.7 Å². The van der Waals surface area contributed by atoms with Crippen molar-refractivity contribution in [1.29, 1.82) is 0 Å². The summed E-state index contributed by atoms with van der Waals surface area (Å²) in [6.45, 7) is 1.92. The number of hydrogen-bond donors (Lipinski definition) is 2. The van der Waals surface area contributed by atoms with Crippen molar-refractivity contribution < 1.29 is 9.32 Å². The van der Waals surface area contributed by atoms with Gasteiger partial charge in [-0.25, -0.2) is 4.79 Å². The molecule has 1 heterocycles. The van der Waals surface area contributed by atoms with E-state index in [1.807, 2.05) is 31.2 Å². The molecule has 1 atom stereocenters. The summed E-state index contributed by atoms with van der Waals surface area (Å²) < 4.78 is 5.79. The van der Waals surface area contributed by atoms with Crippen LogP contribution in [0, 0.1) is 3.57 Å². The van der Waals surface area contributed by atoms with Crippen molar-refractivity contribution in [1.82, 2.24) is 10.5 Å². The van der Waals surface area contributed by atoms with Crippen molar-refractivity contribution in [3.63, 3.8) is 0 Å². The van der Waals surface area contributed by atoms with E-state index < -0.39 is 0 Å². The number of rotatable bonds is 3. The first kappa shape index (κ1) is 12.9. The Bertz CT molecular complexity index is 511. The molecule has 5 nitrogen and oxygen atoms in total. The fraction of sp³-hybridized carbons (Fsp3) is 0.167. The Hall–Kier alpha value is -1.57. The Kier molecular flexibility index (Phi) is 4.19. The highest BCUT2D eigenvalue weighted by Gasteiger charge is 2.10. The van der Waals surface area contributed by atoms with E-state index in [9.17, 15) is 4.79 Å². The fourth-order valence-electron chi connectivity index (χ4n) is 1.46. The minimum Gasteiger partial charge on any atom is -0.363 e. The van der Waals surface area contributed by atoms with Crippen LogP contribution in [0.4, 0.5) is 10.6 Å². The van der Waals surface area contributed by atoms with E-state index in [1.54, 1.807) is 6.07 Å². The number of anilines is 1. The zero-order chi connectivity index (χ0) is 13.0. The summed E-state index contributed by atoms with van der Waals surface area (Å²) in [5.41, 5.74) is 1.05. The number of urea groups is 1. The normalized spacial score (nSPS) is 11.9. The van der Waals surface area contributed by atoms with E-state index in [2.05, 4.69) is 42.9 Å². The Morgan fingerprint density at radius 2 is 2.06 bits per heavy atom. The molecule has 1 aromatic carbocycles. The van der Waals surface area contributed by atoms with Gasteiger partial charge >= 0.3 is 6.03 Å². The van der Waals surface area contributed by atoms with Gasteiger partial charge < -0.3 is 9.84 Å². The summed E-state index contributed by atoms with van der Waals surface area (Å²) in [4.78, 5) is 11.7. The third-order valence-corrected chi connectivity index (χ3v) is 3.12. The van der Waals surface area contributed by atoms with Crippen molar-refractivity contribution >= 4 is 34.4 Å². The largest absolute Gasteiger partial charge is 0.363 e. The van der Waals surface area contributed by atoms with Crippen LogP contribution < -0.4 is 10.6 Å². The lowest BCUT2D eigenvalue weighted by Crippen LogP contribution is -2.31. The lowest BCUT2D eigenvalue weighted by Gasteiger charge is -2.14. The summed E-state index contributed by atoms with van der Waals surface area (Å²) in [6.07, 6.45) is 1.40. The monoisotopic (exact) mass is 357 g/mol.